The zero-order chi connectivity index (χ0) is 19.5. The fraction of sp³-hybridized carbons (Fsp3) is 0.667. The highest BCUT2D eigenvalue weighted by molar-refractivity contribution is 14.0. The van der Waals surface area contributed by atoms with Gasteiger partial charge in [0.2, 0.25) is 0 Å². The number of hydrogen-bond donors (Lipinski definition) is 2. The number of guanidine groups is 1. The zero-order valence-corrected chi connectivity index (χ0v) is 20.1. The first-order valence-corrected chi connectivity index (χ1v) is 10.1. The van der Waals surface area contributed by atoms with Gasteiger partial charge in [-0.1, -0.05) is 13.0 Å². The van der Waals surface area contributed by atoms with E-state index in [4.69, 9.17) is 9.47 Å². The van der Waals surface area contributed by atoms with Gasteiger partial charge in [-0.15, -0.1) is 24.0 Å². The summed E-state index contributed by atoms with van der Waals surface area (Å²) in [6.07, 6.45) is 4.76. The molecule has 2 rings (SSSR count). The molecule has 1 aliphatic heterocycles. The van der Waals surface area contributed by atoms with Crippen LogP contribution in [0.4, 0.5) is 0 Å². The Bertz CT molecular complexity index is 590. The van der Waals surface area contributed by atoms with Gasteiger partial charge in [-0.2, -0.15) is 0 Å². The van der Waals surface area contributed by atoms with E-state index in [1.54, 1.807) is 14.2 Å². The van der Waals surface area contributed by atoms with Gasteiger partial charge in [0, 0.05) is 20.1 Å². The second kappa shape index (κ2) is 13.9. The Balaban J connectivity index is 0.00000392. The molecule has 0 bridgehead atoms. The van der Waals surface area contributed by atoms with Crippen LogP contribution in [-0.4, -0.2) is 64.9 Å². The second-order valence-corrected chi connectivity index (χ2v) is 7.03. The number of hydrogen-bond acceptors (Lipinski definition) is 4. The Labute approximate surface area is 187 Å². The van der Waals surface area contributed by atoms with Crippen LogP contribution in [0.2, 0.25) is 0 Å². The van der Waals surface area contributed by atoms with Crippen molar-refractivity contribution >= 4 is 29.9 Å². The number of nitrogens with zero attached hydrogens (tertiary/aromatic N) is 2. The van der Waals surface area contributed by atoms with Gasteiger partial charge in [-0.25, -0.2) is 0 Å². The highest BCUT2D eigenvalue weighted by Crippen LogP contribution is 2.27. The minimum absolute atomic E-state index is 0. The molecule has 6 nitrogen and oxygen atoms in total. The normalized spacial score (nSPS) is 15.6. The number of halogens is 1. The van der Waals surface area contributed by atoms with Crippen molar-refractivity contribution < 1.29 is 9.47 Å². The van der Waals surface area contributed by atoms with Gasteiger partial charge in [0.15, 0.2) is 17.5 Å². The molecule has 1 saturated heterocycles. The number of nitrogens with one attached hydrogen (secondary N) is 2. The number of methoxy groups -OCH3 is 2. The molecule has 0 aromatic heterocycles. The Morgan fingerprint density at radius 3 is 2.39 bits per heavy atom. The number of ether oxygens (including phenoxy) is 2. The molecule has 0 amide bonds. The van der Waals surface area contributed by atoms with Crippen molar-refractivity contribution in [1.82, 2.24) is 15.5 Å². The van der Waals surface area contributed by atoms with Gasteiger partial charge in [0.1, 0.15) is 0 Å². The molecule has 1 aromatic carbocycles. The topological polar surface area (TPSA) is 58.1 Å². The van der Waals surface area contributed by atoms with E-state index in [0.29, 0.717) is 0 Å². The molecule has 0 saturated carbocycles. The summed E-state index contributed by atoms with van der Waals surface area (Å²) in [7, 11) is 5.14. The molecular formula is C21H37IN4O2. The summed E-state index contributed by atoms with van der Waals surface area (Å²) in [6.45, 7) is 7.73. The largest absolute Gasteiger partial charge is 0.493 e. The second-order valence-electron chi connectivity index (χ2n) is 7.03. The summed E-state index contributed by atoms with van der Waals surface area (Å²) in [5.41, 5.74) is 1.21. The molecule has 0 spiro atoms. The SMILES string of the molecule is CCN1CCC(CCNC(=NC)NCCc2ccc(OC)c(OC)c2)CC1.I. The molecular weight excluding hydrogens is 467 g/mol. The Morgan fingerprint density at radius 2 is 1.79 bits per heavy atom. The van der Waals surface area contributed by atoms with Crippen molar-refractivity contribution in [2.45, 2.75) is 32.6 Å². The van der Waals surface area contributed by atoms with E-state index in [1.165, 1.54) is 44.5 Å². The van der Waals surface area contributed by atoms with Crippen LogP contribution >= 0.6 is 24.0 Å². The fourth-order valence-corrected chi connectivity index (χ4v) is 3.57. The van der Waals surface area contributed by atoms with Gasteiger partial charge in [-0.05, 0) is 68.9 Å². The minimum atomic E-state index is 0. The first-order chi connectivity index (χ1) is 13.2. The van der Waals surface area contributed by atoms with Crippen LogP contribution in [-0.2, 0) is 6.42 Å². The van der Waals surface area contributed by atoms with Crippen molar-refractivity contribution in [1.29, 1.82) is 0 Å². The van der Waals surface area contributed by atoms with Gasteiger partial charge >= 0.3 is 0 Å². The lowest BCUT2D eigenvalue weighted by Crippen LogP contribution is -2.40. The van der Waals surface area contributed by atoms with Gasteiger partial charge in [-0.3, -0.25) is 4.99 Å². The minimum Gasteiger partial charge on any atom is -0.493 e. The Morgan fingerprint density at radius 1 is 1.11 bits per heavy atom. The third-order valence-electron chi connectivity index (χ3n) is 5.38. The van der Waals surface area contributed by atoms with Gasteiger partial charge < -0.3 is 25.0 Å². The molecule has 0 unspecified atom stereocenters. The maximum Gasteiger partial charge on any atom is 0.190 e. The highest BCUT2D eigenvalue weighted by atomic mass is 127. The van der Waals surface area contributed by atoms with Crippen LogP contribution in [0.3, 0.4) is 0 Å². The number of aliphatic imine (C=N–C) groups is 1. The smallest absolute Gasteiger partial charge is 0.190 e. The molecule has 0 radical (unpaired) electrons. The molecule has 0 atom stereocenters. The molecule has 28 heavy (non-hydrogen) atoms. The summed E-state index contributed by atoms with van der Waals surface area (Å²) in [5.74, 6) is 3.25. The Hall–Kier alpha value is -1.22. The predicted molar refractivity (Wildman–Crippen MR) is 127 cm³/mol. The van der Waals surface area contributed by atoms with Crippen molar-refractivity contribution in [3.05, 3.63) is 23.8 Å². The average Bonchev–Trinajstić information content (AvgIpc) is 2.72. The molecule has 1 fully saturated rings. The molecule has 7 heteroatoms. The van der Waals surface area contributed by atoms with E-state index < -0.39 is 0 Å². The van der Waals surface area contributed by atoms with Crippen LogP contribution in [0.15, 0.2) is 23.2 Å². The van der Waals surface area contributed by atoms with Crippen molar-refractivity contribution in [3.8, 4) is 11.5 Å². The number of likely N-dealkylation sites (tertiary alicyclic amines) is 1. The molecule has 1 aromatic rings. The van der Waals surface area contributed by atoms with Crippen molar-refractivity contribution in [2.24, 2.45) is 10.9 Å². The molecule has 2 N–H and O–H groups in total. The van der Waals surface area contributed by atoms with Crippen molar-refractivity contribution in [2.75, 3.05) is 54.0 Å². The number of benzene rings is 1. The van der Waals surface area contributed by atoms with Gasteiger partial charge in [0.25, 0.3) is 0 Å². The number of rotatable bonds is 9. The fourth-order valence-electron chi connectivity index (χ4n) is 3.57. The van der Waals surface area contributed by atoms with Gasteiger partial charge in [0.05, 0.1) is 14.2 Å². The van der Waals surface area contributed by atoms with E-state index in [-0.39, 0.29) is 24.0 Å². The highest BCUT2D eigenvalue weighted by Gasteiger charge is 2.17. The van der Waals surface area contributed by atoms with Crippen LogP contribution in [0.5, 0.6) is 11.5 Å². The standard InChI is InChI=1S/C21H36N4O2.HI/c1-5-25-14-10-17(11-15-25)8-12-23-21(22-2)24-13-9-18-6-7-19(26-3)20(16-18)27-4;/h6-7,16-17H,5,8-15H2,1-4H3,(H2,22,23,24);1H. The first kappa shape index (κ1) is 24.8. The third-order valence-corrected chi connectivity index (χ3v) is 5.38. The quantitative estimate of drug-likeness (QED) is 0.308. The summed E-state index contributed by atoms with van der Waals surface area (Å²) in [4.78, 5) is 6.87. The molecule has 160 valence electrons. The maximum absolute atomic E-state index is 5.37. The molecule has 1 aliphatic rings. The monoisotopic (exact) mass is 504 g/mol. The van der Waals surface area contributed by atoms with Crippen LogP contribution in [0.25, 0.3) is 0 Å². The maximum atomic E-state index is 5.37. The summed E-state index contributed by atoms with van der Waals surface area (Å²) < 4.78 is 10.7. The number of piperidine rings is 1. The van der Waals surface area contributed by atoms with E-state index in [2.05, 4.69) is 33.5 Å². The summed E-state index contributed by atoms with van der Waals surface area (Å²) >= 11 is 0. The first-order valence-electron chi connectivity index (χ1n) is 10.1. The lowest BCUT2D eigenvalue weighted by Gasteiger charge is -2.31. The summed E-state index contributed by atoms with van der Waals surface area (Å²) in [5, 5.41) is 6.85. The predicted octanol–water partition coefficient (Wildman–Crippen LogP) is 3.15. The lowest BCUT2D eigenvalue weighted by atomic mass is 9.93. The molecule has 0 aliphatic carbocycles. The van der Waals surface area contributed by atoms with E-state index in [1.807, 2.05) is 19.2 Å². The third kappa shape index (κ3) is 8.03. The molecule has 1 heterocycles. The van der Waals surface area contributed by atoms with E-state index in [9.17, 15) is 0 Å². The van der Waals surface area contributed by atoms with Crippen LogP contribution in [0, 0.1) is 5.92 Å². The average molecular weight is 504 g/mol. The van der Waals surface area contributed by atoms with E-state index >= 15 is 0 Å². The Kier molecular flexibility index (Phi) is 12.3. The zero-order valence-electron chi connectivity index (χ0n) is 17.8. The summed E-state index contributed by atoms with van der Waals surface area (Å²) in [6, 6.07) is 6.05. The van der Waals surface area contributed by atoms with Crippen LogP contribution in [0.1, 0.15) is 31.7 Å². The van der Waals surface area contributed by atoms with E-state index in [0.717, 1.165) is 42.9 Å². The van der Waals surface area contributed by atoms with Crippen molar-refractivity contribution in [3.63, 3.8) is 0 Å². The lowest BCUT2D eigenvalue weighted by molar-refractivity contribution is 0.187. The van der Waals surface area contributed by atoms with Crippen LogP contribution < -0.4 is 20.1 Å².